The van der Waals surface area contributed by atoms with Crippen molar-refractivity contribution >= 4 is 0 Å². The second-order valence-electron chi connectivity index (χ2n) is 6.10. The summed E-state index contributed by atoms with van der Waals surface area (Å²) in [6.45, 7) is 2.23. The molecule has 112 valence electrons. The molecule has 2 nitrogen and oxygen atoms in total. The Morgan fingerprint density at radius 1 is 1.24 bits per heavy atom. The number of halogens is 1. The first-order valence-corrected chi connectivity index (χ1v) is 7.74. The van der Waals surface area contributed by atoms with E-state index in [4.69, 9.17) is 4.42 Å². The average Bonchev–Trinajstić information content (AvgIpc) is 2.95. The lowest BCUT2D eigenvalue weighted by molar-refractivity contribution is 0.264. The molecule has 1 N–H and O–H groups in total. The first-order valence-electron chi connectivity index (χ1n) is 7.74. The van der Waals surface area contributed by atoms with Crippen LogP contribution in [-0.2, 0) is 6.42 Å². The third kappa shape index (κ3) is 3.73. The van der Waals surface area contributed by atoms with Gasteiger partial charge >= 0.3 is 0 Å². The summed E-state index contributed by atoms with van der Waals surface area (Å²) in [6, 6.07) is 12.0. The van der Waals surface area contributed by atoms with Gasteiger partial charge in [0.2, 0.25) is 0 Å². The van der Waals surface area contributed by atoms with Crippen LogP contribution in [0.4, 0.5) is 4.39 Å². The molecule has 1 unspecified atom stereocenters. The summed E-state index contributed by atoms with van der Waals surface area (Å²) in [6.07, 6.45) is 6.10. The molecule has 0 amide bonds. The minimum absolute atomic E-state index is 0.153. The van der Waals surface area contributed by atoms with Crippen LogP contribution in [0.2, 0.25) is 0 Å². The van der Waals surface area contributed by atoms with Gasteiger partial charge in [0.15, 0.2) is 0 Å². The Labute approximate surface area is 125 Å². The van der Waals surface area contributed by atoms with Crippen LogP contribution in [0.25, 0.3) is 0 Å². The Morgan fingerprint density at radius 3 is 2.67 bits per heavy atom. The van der Waals surface area contributed by atoms with Gasteiger partial charge in [0, 0.05) is 18.5 Å². The van der Waals surface area contributed by atoms with Gasteiger partial charge in [-0.3, -0.25) is 0 Å². The number of nitrogens with one attached hydrogen (secondary N) is 1. The van der Waals surface area contributed by atoms with Crippen molar-refractivity contribution < 1.29 is 8.81 Å². The van der Waals surface area contributed by atoms with Crippen LogP contribution in [0.5, 0.6) is 0 Å². The molecule has 0 bridgehead atoms. The van der Waals surface area contributed by atoms with Gasteiger partial charge in [-0.15, -0.1) is 0 Å². The van der Waals surface area contributed by atoms with Crippen LogP contribution in [0.15, 0.2) is 47.1 Å². The minimum atomic E-state index is -0.153. The molecule has 1 aromatic carbocycles. The highest BCUT2D eigenvalue weighted by Crippen LogP contribution is 2.37. The molecule has 1 aliphatic rings. The SMILES string of the molecule is CC(CCc1ccco1)NC1CC(c2ccc(F)cc2)C1. The van der Waals surface area contributed by atoms with Gasteiger partial charge in [-0.05, 0) is 61.9 Å². The van der Waals surface area contributed by atoms with Crippen molar-refractivity contribution in [1.82, 2.24) is 5.32 Å². The summed E-state index contributed by atoms with van der Waals surface area (Å²) in [5.74, 6) is 1.49. The van der Waals surface area contributed by atoms with Crippen LogP contribution < -0.4 is 5.32 Å². The number of hydrogen-bond acceptors (Lipinski definition) is 2. The third-order valence-corrected chi connectivity index (χ3v) is 4.40. The van der Waals surface area contributed by atoms with Crippen molar-refractivity contribution in [3.8, 4) is 0 Å². The van der Waals surface area contributed by atoms with Crippen molar-refractivity contribution in [2.75, 3.05) is 0 Å². The monoisotopic (exact) mass is 287 g/mol. The minimum Gasteiger partial charge on any atom is -0.469 e. The van der Waals surface area contributed by atoms with Gasteiger partial charge < -0.3 is 9.73 Å². The largest absolute Gasteiger partial charge is 0.469 e. The number of benzene rings is 1. The van der Waals surface area contributed by atoms with E-state index in [1.54, 1.807) is 18.4 Å². The molecule has 1 fully saturated rings. The van der Waals surface area contributed by atoms with Crippen LogP contribution in [0.3, 0.4) is 0 Å². The number of aryl methyl sites for hydroxylation is 1. The van der Waals surface area contributed by atoms with Crippen LogP contribution >= 0.6 is 0 Å². The standard InChI is InChI=1S/C18H22FNO/c1-13(4-9-18-3-2-10-21-18)20-17-11-15(12-17)14-5-7-16(19)8-6-14/h2-3,5-8,10,13,15,17,20H,4,9,11-12H2,1H3. The van der Waals surface area contributed by atoms with Crippen LogP contribution in [0.1, 0.15) is 43.4 Å². The number of rotatable bonds is 6. The molecule has 3 heteroatoms. The van der Waals surface area contributed by atoms with E-state index in [9.17, 15) is 4.39 Å². The zero-order chi connectivity index (χ0) is 14.7. The van der Waals surface area contributed by atoms with Gasteiger partial charge in [-0.2, -0.15) is 0 Å². The predicted molar refractivity (Wildman–Crippen MR) is 81.8 cm³/mol. The van der Waals surface area contributed by atoms with Crippen molar-refractivity contribution in [1.29, 1.82) is 0 Å². The van der Waals surface area contributed by atoms with Crippen LogP contribution in [-0.4, -0.2) is 12.1 Å². The maximum atomic E-state index is 12.9. The van der Waals surface area contributed by atoms with E-state index in [1.807, 2.05) is 24.3 Å². The molecule has 0 radical (unpaired) electrons. The summed E-state index contributed by atoms with van der Waals surface area (Å²) >= 11 is 0. The molecule has 1 aromatic heterocycles. The molecule has 0 aliphatic heterocycles. The molecule has 0 saturated heterocycles. The van der Waals surface area contributed by atoms with E-state index in [-0.39, 0.29) is 5.82 Å². The van der Waals surface area contributed by atoms with E-state index in [0.29, 0.717) is 18.0 Å². The topological polar surface area (TPSA) is 25.2 Å². The lowest BCUT2D eigenvalue weighted by Crippen LogP contribution is -2.44. The highest BCUT2D eigenvalue weighted by molar-refractivity contribution is 5.23. The van der Waals surface area contributed by atoms with Crippen LogP contribution in [0, 0.1) is 5.82 Å². The molecule has 1 aliphatic carbocycles. The molecular weight excluding hydrogens is 265 g/mol. The highest BCUT2D eigenvalue weighted by Gasteiger charge is 2.30. The van der Waals surface area contributed by atoms with Gasteiger partial charge in [0.05, 0.1) is 6.26 Å². The lowest BCUT2D eigenvalue weighted by Gasteiger charge is -2.38. The smallest absolute Gasteiger partial charge is 0.123 e. The summed E-state index contributed by atoms with van der Waals surface area (Å²) in [4.78, 5) is 0. The van der Waals surface area contributed by atoms with Crippen molar-refractivity contribution in [3.63, 3.8) is 0 Å². The van der Waals surface area contributed by atoms with E-state index in [1.165, 1.54) is 5.56 Å². The fourth-order valence-electron chi connectivity index (χ4n) is 3.06. The number of furan rings is 1. The van der Waals surface area contributed by atoms with Crippen molar-refractivity contribution in [3.05, 3.63) is 59.8 Å². The second-order valence-corrected chi connectivity index (χ2v) is 6.10. The molecule has 1 heterocycles. The maximum absolute atomic E-state index is 12.9. The molecule has 0 spiro atoms. The Morgan fingerprint density at radius 2 is 2.00 bits per heavy atom. The van der Waals surface area contributed by atoms with E-state index >= 15 is 0 Å². The molecule has 21 heavy (non-hydrogen) atoms. The second kappa shape index (κ2) is 6.44. The quantitative estimate of drug-likeness (QED) is 0.858. The van der Waals surface area contributed by atoms with Gasteiger partial charge in [-0.1, -0.05) is 12.1 Å². The molecule has 3 rings (SSSR count). The Kier molecular flexibility index (Phi) is 4.39. The summed E-state index contributed by atoms with van der Waals surface area (Å²) in [7, 11) is 0. The molecule has 2 aromatic rings. The molecular formula is C18H22FNO. The fourth-order valence-corrected chi connectivity index (χ4v) is 3.06. The predicted octanol–water partition coefficient (Wildman–Crippen LogP) is 4.28. The first kappa shape index (κ1) is 14.3. The molecule has 1 atom stereocenters. The van der Waals surface area contributed by atoms with Gasteiger partial charge in [0.1, 0.15) is 11.6 Å². The highest BCUT2D eigenvalue weighted by atomic mass is 19.1. The van der Waals surface area contributed by atoms with Gasteiger partial charge in [0.25, 0.3) is 0 Å². The van der Waals surface area contributed by atoms with E-state index < -0.39 is 0 Å². The van der Waals surface area contributed by atoms with Gasteiger partial charge in [-0.25, -0.2) is 4.39 Å². The molecule has 1 saturated carbocycles. The first-order chi connectivity index (χ1) is 10.2. The Balaban J connectivity index is 1.39. The third-order valence-electron chi connectivity index (χ3n) is 4.40. The average molecular weight is 287 g/mol. The summed E-state index contributed by atoms with van der Waals surface area (Å²) < 4.78 is 18.3. The van der Waals surface area contributed by atoms with Crippen molar-refractivity contribution in [2.45, 2.75) is 50.6 Å². The Hall–Kier alpha value is -1.61. The maximum Gasteiger partial charge on any atom is 0.123 e. The number of hydrogen-bond donors (Lipinski definition) is 1. The summed E-state index contributed by atoms with van der Waals surface area (Å²) in [5.41, 5.74) is 1.26. The van der Waals surface area contributed by atoms with E-state index in [2.05, 4.69) is 12.2 Å². The summed E-state index contributed by atoms with van der Waals surface area (Å²) in [5, 5.41) is 3.67. The normalized spacial score (nSPS) is 22.8. The van der Waals surface area contributed by atoms with E-state index in [0.717, 1.165) is 31.4 Å². The zero-order valence-corrected chi connectivity index (χ0v) is 12.4. The zero-order valence-electron chi connectivity index (χ0n) is 12.4. The van der Waals surface area contributed by atoms with Crippen molar-refractivity contribution in [2.24, 2.45) is 0 Å². The fraction of sp³-hybridized carbons (Fsp3) is 0.444. The Bertz CT molecular complexity index is 543. The lowest BCUT2D eigenvalue weighted by atomic mass is 9.75.